The molecule has 3 amide bonds. The minimum atomic E-state index is -0.0254. The lowest BCUT2D eigenvalue weighted by molar-refractivity contribution is -0.132. The third-order valence-electron chi connectivity index (χ3n) is 2.80. The van der Waals surface area contributed by atoms with Crippen LogP contribution in [0.15, 0.2) is 0 Å². The molecule has 0 aromatic carbocycles. The molecule has 0 bridgehead atoms. The summed E-state index contributed by atoms with van der Waals surface area (Å²) >= 11 is 0. The van der Waals surface area contributed by atoms with Crippen molar-refractivity contribution in [3.8, 4) is 0 Å². The molecule has 1 saturated heterocycles. The van der Waals surface area contributed by atoms with E-state index in [0.717, 1.165) is 6.42 Å². The second-order valence-electron chi connectivity index (χ2n) is 4.72. The molecule has 98 valence electrons. The molecular formula is C12H23N3O2. The summed E-state index contributed by atoms with van der Waals surface area (Å²) in [5.74, 6) is 0.205. The first kappa shape index (κ1) is 13.8. The van der Waals surface area contributed by atoms with E-state index in [9.17, 15) is 9.59 Å². The zero-order valence-electron chi connectivity index (χ0n) is 11.0. The predicted molar refractivity (Wildman–Crippen MR) is 66.7 cm³/mol. The van der Waals surface area contributed by atoms with Gasteiger partial charge < -0.3 is 15.1 Å². The largest absolute Gasteiger partial charge is 0.339 e. The number of nitrogens with zero attached hydrogens (tertiary/aromatic N) is 2. The fourth-order valence-corrected chi connectivity index (χ4v) is 1.87. The molecule has 0 aliphatic carbocycles. The molecule has 17 heavy (non-hydrogen) atoms. The van der Waals surface area contributed by atoms with E-state index in [0.29, 0.717) is 32.6 Å². The van der Waals surface area contributed by atoms with Gasteiger partial charge in [-0.05, 0) is 20.3 Å². The van der Waals surface area contributed by atoms with Gasteiger partial charge in [-0.15, -0.1) is 0 Å². The van der Waals surface area contributed by atoms with E-state index >= 15 is 0 Å². The molecule has 0 atom stereocenters. The number of nitrogens with one attached hydrogen (secondary N) is 1. The standard InChI is InChI=1S/C12H23N3O2/c1-4-5-11(16)14-6-8-15(9-7-14)12(17)13-10(2)3/h10H,4-9H2,1-3H3,(H,13,17). The van der Waals surface area contributed by atoms with Crippen LogP contribution in [0.5, 0.6) is 0 Å². The second kappa shape index (κ2) is 6.47. The predicted octanol–water partition coefficient (Wildman–Crippen LogP) is 1.05. The first-order valence-corrected chi connectivity index (χ1v) is 6.37. The Morgan fingerprint density at radius 2 is 1.65 bits per heavy atom. The first-order chi connectivity index (χ1) is 8.04. The molecule has 0 spiro atoms. The van der Waals surface area contributed by atoms with Crippen LogP contribution in [0, 0.1) is 0 Å². The normalized spacial score (nSPS) is 16.2. The van der Waals surface area contributed by atoms with E-state index in [-0.39, 0.29) is 18.0 Å². The smallest absolute Gasteiger partial charge is 0.317 e. The van der Waals surface area contributed by atoms with Crippen LogP contribution >= 0.6 is 0 Å². The molecule has 5 nitrogen and oxygen atoms in total. The summed E-state index contributed by atoms with van der Waals surface area (Å²) in [6, 6.07) is 0.129. The number of hydrogen-bond acceptors (Lipinski definition) is 2. The van der Waals surface area contributed by atoms with Crippen molar-refractivity contribution < 1.29 is 9.59 Å². The topological polar surface area (TPSA) is 52.7 Å². The summed E-state index contributed by atoms with van der Waals surface area (Å²) in [6.07, 6.45) is 1.49. The quantitative estimate of drug-likeness (QED) is 0.803. The van der Waals surface area contributed by atoms with Crippen molar-refractivity contribution in [2.75, 3.05) is 26.2 Å². The average Bonchev–Trinajstić information content (AvgIpc) is 2.28. The minimum absolute atomic E-state index is 0.0254. The number of hydrogen-bond donors (Lipinski definition) is 1. The highest BCUT2D eigenvalue weighted by Crippen LogP contribution is 2.05. The van der Waals surface area contributed by atoms with E-state index in [1.165, 1.54) is 0 Å². The van der Waals surface area contributed by atoms with E-state index in [4.69, 9.17) is 0 Å². The summed E-state index contributed by atoms with van der Waals surface area (Å²) in [4.78, 5) is 27.0. The van der Waals surface area contributed by atoms with Crippen LogP contribution in [-0.4, -0.2) is 54.0 Å². The van der Waals surface area contributed by atoms with Crippen molar-refractivity contribution in [1.82, 2.24) is 15.1 Å². The van der Waals surface area contributed by atoms with Gasteiger partial charge in [-0.1, -0.05) is 6.92 Å². The van der Waals surface area contributed by atoms with E-state index < -0.39 is 0 Å². The highest BCUT2D eigenvalue weighted by Gasteiger charge is 2.23. The zero-order chi connectivity index (χ0) is 12.8. The third-order valence-corrected chi connectivity index (χ3v) is 2.80. The Labute approximate surface area is 103 Å². The Morgan fingerprint density at radius 3 is 2.12 bits per heavy atom. The summed E-state index contributed by atoms with van der Waals surface area (Å²) in [5, 5.41) is 2.87. The maximum atomic E-state index is 11.7. The molecule has 0 aromatic rings. The van der Waals surface area contributed by atoms with Crippen LogP contribution in [0.25, 0.3) is 0 Å². The number of urea groups is 1. The Kier molecular flexibility index (Phi) is 5.25. The van der Waals surface area contributed by atoms with Gasteiger partial charge >= 0.3 is 6.03 Å². The van der Waals surface area contributed by atoms with Gasteiger partial charge in [-0.3, -0.25) is 4.79 Å². The average molecular weight is 241 g/mol. The lowest BCUT2D eigenvalue weighted by Crippen LogP contribution is -2.54. The molecule has 0 radical (unpaired) electrons. The summed E-state index contributed by atoms with van der Waals surface area (Å²) in [7, 11) is 0. The maximum Gasteiger partial charge on any atom is 0.317 e. The zero-order valence-corrected chi connectivity index (χ0v) is 11.0. The Balaban J connectivity index is 2.35. The molecule has 1 aliphatic rings. The molecule has 0 saturated carbocycles. The number of piperazine rings is 1. The molecule has 0 aromatic heterocycles. The molecule has 1 heterocycles. The van der Waals surface area contributed by atoms with Gasteiger partial charge in [-0.2, -0.15) is 0 Å². The maximum absolute atomic E-state index is 11.7. The van der Waals surface area contributed by atoms with Gasteiger partial charge in [0.25, 0.3) is 0 Å². The van der Waals surface area contributed by atoms with Crippen molar-refractivity contribution in [1.29, 1.82) is 0 Å². The van der Waals surface area contributed by atoms with Crippen LogP contribution in [0.2, 0.25) is 0 Å². The molecule has 1 N–H and O–H groups in total. The van der Waals surface area contributed by atoms with E-state index in [1.807, 2.05) is 25.7 Å². The number of amides is 3. The van der Waals surface area contributed by atoms with Crippen molar-refractivity contribution >= 4 is 11.9 Å². The fourth-order valence-electron chi connectivity index (χ4n) is 1.87. The second-order valence-corrected chi connectivity index (χ2v) is 4.72. The summed E-state index contributed by atoms with van der Waals surface area (Å²) in [5.41, 5.74) is 0. The SMILES string of the molecule is CCCC(=O)N1CCN(C(=O)NC(C)C)CC1. The fraction of sp³-hybridized carbons (Fsp3) is 0.833. The molecule has 1 fully saturated rings. The van der Waals surface area contributed by atoms with Gasteiger partial charge in [-0.25, -0.2) is 4.79 Å². The minimum Gasteiger partial charge on any atom is -0.339 e. The molecule has 0 unspecified atom stereocenters. The first-order valence-electron chi connectivity index (χ1n) is 6.37. The number of carbonyl (C=O) groups excluding carboxylic acids is 2. The van der Waals surface area contributed by atoms with Gasteiger partial charge in [0.2, 0.25) is 5.91 Å². The van der Waals surface area contributed by atoms with Crippen LogP contribution in [-0.2, 0) is 4.79 Å². The third kappa shape index (κ3) is 4.24. The van der Waals surface area contributed by atoms with Crippen molar-refractivity contribution in [3.63, 3.8) is 0 Å². The van der Waals surface area contributed by atoms with Crippen LogP contribution in [0.3, 0.4) is 0 Å². The molecular weight excluding hydrogens is 218 g/mol. The highest BCUT2D eigenvalue weighted by molar-refractivity contribution is 5.77. The van der Waals surface area contributed by atoms with Gasteiger partial charge in [0.05, 0.1) is 0 Å². The van der Waals surface area contributed by atoms with Crippen LogP contribution in [0.1, 0.15) is 33.6 Å². The van der Waals surface area contributed by atoms with Crippen LogP contribution in [0.4, 0.5) is 4.79 Å². The lowest BCUT2D eigenvalue weighted by atomic mass is 10.2. The van der Waals surface area contributed by atoms with Crippen molar-refractivity contribution in [3.05, 3.63) is 0 Å². The number of rotatable bonds is 3. The Bertz CT molecular complexity index is 271. The summed E-state index contributed by atoms with van der Waals surface area (Å²) < 4.78 is 0. The van der Waals surface area contributed by atoms with Crippen LogP contribution < -0.4 is 5.32 Å². The van der Waals surface area contributed by atoms with Gasteiger partial charge in [0.1, 0.15) is 0 Å². The summed E-state index contributed by atoms with van der Waals surface area (Å²) in [6.45, 7) is 8.47. The number of carbonyl (C=O) groups is 2. The lowest BCUT2D eigenvalue weighted by Gasteiger charge is -2.35. The molecule has 1 aliphatic heterocycles. The van der Waals surface area contributed by atoms with Crippen molar-refractivity contribution in [2.24, 2.45) is 0 Å². The molecule has 1 rings (SSSR count). The molecule has 5 heteroatoms. The highest BCUT2D eigenvalue weighted by atomic mass is 16.2. The monoisotopic (exact) mass is 241 g/mol. The van der Waals surface area contributed by atoms with Gasteiger partial charge in [0, 0.05) is 38.6 Å². The Morgan fingerprint density at radius 1 is 1.12 bits per heavy atom. The van der Waals surface area contributed by atoms with E-state index in [1.54, 1.807) is 4.90 Å². The van der Waals surface area contributed by atoms with E-state index in [2.05, 4.69) is 5.32 Å². The van der Waals surface area contributed by atoms with Gasteiger partial charge in [0.15, 0.2) is 0 Å². The Hall–Kier alpha value is -1.26. The van der Waals surface area contributed by atoms with Crippen molar-refractivity contribution in [2.45, 2.75) is 39.7 Å².